The highest BCUT2D eigenvalue weighted by molar-refractivity contribution is 5.93. The lowest BCUT2D eigenvalue weighted by Gasteiger charge is -2.47. The van der Waals surface area contributed by atoms with Gasteiger partial charge in [-0.05, 0) is 341 Å². The number of benzene rings is 9. The van der Waals surface area contributed by atoms with Gasteiger partial charge in [0.05, 0.1) is 39.5 Å². The molecule has 0 bridgehead atoms. The second kappa shape index (κ2) is 20.7. The summed E-state index contributed by atoms with van der Waals surface area (Å²) in [7, 11) is 0. The number of rotatable bonds is 9. The highest BCUT2D eigenvalue weighted by Crippen LogP contribution is 2.60. The Bertz CT molecular complexity index is 3590. The van der Waals surface area contributed by atoms with Crippen LogP contribution in [0, 0.1) is 159 Å². The molecule has 0 spiro atoms. The van der Waals surface area contributed by atoms with Gasteiger partial charge < -0.3 is 14.7 Å². The van der Waals surface area contributed by atoms with Gasteiger partial charge in [-0.3, -0.25) is 0 Å². The third-order valence-electron chi connectivity index (χ3n) is 20.7. The SMILES string of the molecule is Cc1ccc(N2c3ccc(C)cc3C(c3cccc(N(c4c(C)c(C)c(C)c(C)c4C)c4c(C)c(C)c(C)c(C)c4C)c3)(c3cccc(N(c4c(C)c(C)c(C)c(C)c4C)c4c(C)c(C)c(C)c(C)c4C)c3)c3cc(C)ccc32)cc1. The summed E-state index contributed by atoms with van der Waals surface area (Å²) in [5, 5.41) is 0. The molecule has 10 rings (SSSR count). The van der Waals surface area contributed by atoms with Crippen LogP contribution in [0.5, 0.6) is 0 Å². The third-order valence-corrected chi connectivity index (χ3v) is 20.7. The maximum Gasteiger partial charge on any atom is 0.0744 e. The molecule has 0 fully saturated rings. The number of aryl methyl sites for hydroxylation is 3. The molecule has 0 radical (unpaired) electrons. The highest BCUT2D eigenvalue weighted by Gasteiger charge is 2.48. The Morgan fingerprint density at radius 2 is 0.519 bits per heavy atom. The van der Waals surface area contributed by atoms with Gasteiger partial charge in [-0.25, -0.2) is 0 Å². The zero-order valence-electron chi connectivity index (χ0n) is 53.2. The summed E-state index contributed by atoms with van der Waals surface area (Å²) in [4.78, 5) is 7.83. The van der Waals surface area contributed by atoms with Gasteiger partial charge in [0.15, 0.2) is 0 Å². The lowest BCUT2D eigenvalue weighted by molar-refractivity contribution is 0.729. The highest BCUT2D eigenvalue weighted by atomic mass is 15.2. The summed E-state index contributed by atoms with van der Waals surface area (Å²) in [6, 6.07) is 42.9. The van der Waals surface area contributed by atoms with Gasteiger partial charge in [0.2, 0.25) is 0 Å². The number of fused-ring (bicyclic) bond motifs is 2. The molecule has 1 heterocycles. The van der Waals surface area contributed by atoms with Crippen molar-refractivity contribution in [1.29, 1.82) is 0 Å². The van der Waals surface area contributed by atoms with Crippen molar-refractivity contribution in [1.82, 2.24) is 0 Å². The van der Waals surface area contributed by atoms with Gasteiger partial charge >= 0.3 is 0 Å². The van der Waals surface area contributed by atoms with E-state index < -0.39 is 5.41 Å². The second-order valence-electron chi connectivity index (χ2n) is 24.6. The molecular weight excluding hydrogens is 979 g/mol. The number of anilines is 9. The topological polar surface area (TPSA) is 9.72 Å². The molecule has 0 aromatic heterocycles. The Balaban J connectivity index is 1.40. The fourth-order valence-corrected chi connectivity index (χ4v) is 14.1. The molecule has 0 amide bonds. The maximum absolute atomic E-state index is 2.65. The number of hydrogen-bond donors (Lipinski definition) is 0. The molecule has 3 nitrogen and oxygen atoms in total. The standard InChI is InChI=1S/C78H87N3/c1-42-30-34-67(35-31-42)79-72-36-32-43(2)38-70(72)78(71-39-44(3)33-37-73(71)79,65-26-24-28-68(40-65)80(74-57(16)49(8)45(4)50(9)58(74)17)75-59(18)51(10)46(5)52(11)60(75)19)66-27-25-29-69(41-66)81(76-61(20)53(12)47(6)54(13)62(76)21)77-63(22)55(14)48(7)56(15)64(77)23/h24-41H,1-23H3. The molecule has 9 aromatic carbocycles. The van der Waals surface area contributed by atoms with Crippen LogP contribution in [-0.4, -0.2) is 0 Å². The molecule has 9 aromatic rings. The normalized spacial score (nSPS) is 12.7. The first-order chi connectivity index (χ1) is 38.3. The number of nitrogens with zero attached hydrogens (tertiary/aromatic N) is 3. The number of hydrogen-bond acceptors (Lipinski definition) is 3. The van der Waals surface area contributed by atoms with Crippen molar-refractivity contribution in [2.24, 2.45) is 0 Å². The third kappa shape index (κ3) is 8.58. The van der Waals surface area contributed by atoms with Crippen LogP contribution in [0.15, 0.2) is 109 Å². The Morgan fingerprint density at radius 3 is 0.802 bits per heavy atom. The molecule has 0 N–H and O–H groups in total. The quantitative estimate of drug-likeness (QED) is 0.143. The van der Waals surface area contributed by atoms with Crippen molar-refractivity contribution in [2.45, 2.75) is 165 Å². The van der Waals surface area contributed by atoms with Gasteiger partial charge in [0.1, 0.15) is 0 Å². The Labute approximate surface area is 487 Å². The summed E-state index contributed by atoms with van der Waals surface area (Å²) < 4.78 is 0. The summed E-state index contributed by atoms with van der Waals surface area (Å²) in [5.41, 5.74) is 45.3. The molecule has 0 saturated carbocycles. The molecular formula is C78H87N3. The molecule has 1 aliphatic rings. The second-order valence-corrected chi connectivity index (χ2v) is 24.6. The first-order valence-electron chi connectivity index (χ1n) is 29.5. The first kappa shape index (κ1) is 56.6. The molecule has 0 atom stereocenters. The van der Waals surface area contributed by atoms with Gasteiger partial charge in [0, 0.05) is 17.1 Å². The molecule has 3 heteroatoms. The summed E-state index contributed by atoms with van der Waals surface area (Å²) >= 11 is 0. The Morgan fingerprint density at radius 1 is 0.259 bits per heavy atom. The van der Waals surface area contributed by atoms with E-state index in [4.69, 9.17) is 0 Å². The van der Waals surface area contributed by atoms with Crippen molar-refractivity contribution in [3.05, 3.63) is 259 Å². The van der Waals surface area contributed by atoms with Crippen molar-refractivity contribution >= 4 is 51.2 Å². The monoisotopic (exact) mass is 1070 g/mol. The zero-order chi connectivity index (χ0) is 58.7. The minimum atomic E-state index is -0.827. The van der Waals surface area contributed by atoms with Crippen LogP contribution >= 0.6 is 0 Å². The van der Waals surface area contributed by atoms with Gasteiger partial charge in [0.25, 0.3) is 0 Å². The lowest BCUT2D eigenvalue weighted by atomic mass is 9.62. The largest absolute Gasteiger partial charge is 0.310 e. The van der Waals surface area contributed by atoms with Crippen LogP contribution in [-0.2, 0) is 5.41 Å². The first-order valence-corrected chi connectivity index (χ1v) is 29.5. The fraction of sp³-hybridized carbons (Fsp3) is 0.308. The van der Waals surface area contributed by atoms with E-state index in [1.165, 1.54) is 184 Å². The average Bonchev–Trinajstić information content (AvgIpc) is 2.52. The minimum absolute atomic E-state index is 0.827. The maximum atomic E-state index is 2.65. The van der Waals surface area contributed by atoms with E-state index in [0.717, 1.165) is 17.1 Å². The van der Waals surface area contributed by atoms with Crippen LogP contribution in [0.25, 0.3) is 0 Å². The smallest absolute Gasteiger partial charge is 0.0744 e. The van der Waals surface area contributed by atoms with Crippen molar-refractivity contribution in [3.8, 4) is 0 Å². The predicted molar refractivity (Wildman–Crippen MR) is 351 cm³/mol. The van der Waals surface area contributed by atoms with E-state index in [1.54, 1.807) is 0 Å². The predicted octanol–water partition coefficient (Wildman–Crippen LogP) is 21.9. The molecule has 414 valence electrons. The van der Waals surface area contributed by atoms with Crippen LogP contribution < -0.4 is 14.7 Å². The van der Waals surface area contributed by atoms with Crippen LogP contribution in [0.4, 0.5) is 51.2 Å². The van der Waals surface area contributed by atoms with Gasteiger partial charge in [-0.2, -0.15) is 0 Å². The van der Waals surface area contributed by atoms with Crippen molar-refractivity contribution in [2.75, 3.05) is 14.7 Å². The van der Waals surface area contributed by atoms with E-state index in [1.807, 2.05) is 0 Å². The fourth-order valence-electron chi connectivity index (χ4n) is 14.1. The van der Waals surface area contributed by atoms with Crippen LogP contribution in [0.2, 0.25) is 0 Å². The Kier molecular flexibility index (Phi) is 14.5. The van der Waals surface area contributed by atoms with E-state index in [9.17, 15) is 0 Å². The summed E-state index contributed by atoms with van der Waals surface area (Å²) in [5.74, 6) is 0. The van der Waals surface area contributed by atoms with E-state index in [2.05, 4.69) is 283 Å². The van der Waals surface area contributed by atoms with E-state index in [-0.39, 0.29) is 0 Å². The van der Waals surface area contributed by atoms with Gasteiger partial charge in [-0.1, -0.05) is 77.4 Å². The Hall–Kier alpha value is -7.62. The van der Waals surface area contributed by atoms with Crippen molar-refractivity contribution < 1.29 is 0 Å². The van der Waals surface area contributed by atoms with Gasteiger partial charge in [-0.15, -0.1) is 0 Å². The lowest BCUT2D eigenvalue weighted by Crippen LogP contribution is -2.38. The molecule has 0 aliphatic carbocycles. The van der Waals surface area contributed by atoms with Crippen LogP contribution in [0.3, 0.4) is 0 Å². The molecule has 81 heavy (non-hydrogen) atoms. The summed E-state index contributed by atoms with van der Waals surface area (Å²) in [6.45, 7) is 53.2. The summed E-state index contributed by atoms with van der Waals surface area (Å²) in [6.07, 6.45) is 0. The molecule has 1 aliphatic heterocycles. The van der Waals surface area contributed by atoms with Crippen molar-refractivity contribution in [3.63, 3.8) is 0 Å². The zero-order valence-corrected chi connectivity index (χ0v) is 53.2. The van der Waals surface area contributed by atoms with Crippen LogP contribution in [0.1, 0.15) is 150 Å². The van der Waals surface area contributed by atoms with E-state index in [0.29, 0.717) is 0 Å². The average molecular weight is 1070 g/mol. The molecule has 0 unspecified atom stereocenters. The minimum Gasteiger partial charge on any atom is -0.310 e. The molecule has 0 saturated heterocycles. The van der Waals surface area contributed by atoms with E-state index >= 15 is 0 Å².